The van der Waals surface area contributed by atoms with Crippen molar-refractivity contribution in [2.45, 2.75) is 6.42 Å². The third-order valence-corrected chi connectivity index (χ3v) is 3.05. The summed E-state index contributed by atoms with van der Waals surface area (Å²) in [6, 6.07) is 8.59. The third-order valence-electron chi connectivity index (χ3n) is 2.52. The van der Waals surface area contributed by atoms with Gasteiger partial charge in [-0.15, -0.1) is 0 Å². The Labute approximate surface area is 93.6 Å². The second kappa shape index (κ2) is 4.76. The lowest BCUT2D eigenvalue weighted by atomic mass is 10.1. The molecule has 1 aliphatic heterocycles. The second-order valence-corrected chi connectivity index (χ2v) is 4.52. The summed E-state index contributed by atoms with van der Waals surface area (Å²) in [4.78, 5) is 2.45. The number of nitrogens with zero attached hydrogens (tertiary/aromatic N) is 1. The zero-order valence-electron chi connectivity index (χ0n) is 8.12. The van der Waals surface area contributed by atoms with Gasteiger partial charge in [-0.1, -0.05) is 40.2 Å². The standard InChI is InChI=1S/C12H14BrN/c13-12-5-3-11(4-6-12)7-10-14-8-1-2-9-14/h1-6H,7-10H2. The maximum atomic E-state index is 3.44. The number of hydrogen-bond donors (Lipinski definition) is 0. The van der Waals surface area contributed by atoms with Gasteiger partial charge in [-0.25, -0.2) is 0 Å². The van der Waals surface area contributed by atoms with Crippen molar-refractivity contribution in [3.63, 3.8) is 0 Å². The van der Waals surface area contributed by atoms with Crippen LogP contribution in [0.25, 0.3) is 0 Å². The lowest BCUT2D eigenvalue weighted by Crippen LogP contribution is -2.22. The highest BCUT2D eigenvalue weighted by atomic mass is 79.9. The Balaban J connectivity index is 1.82. The first-order valence-electron chi connectivity index (χ1n) is 4.96. The first-order valence-corrected chi connectivity index (χ1v) is 5.76. The van der Waals surface area contributed by atoms with Gasteiger partial charge < -0.3 is 0 Å². The maximum Gasteiger partial charge on any atom is 0.0175 e. The van der Waals surface area contributed by atoms with Crippen molar-refractivity contribution in [3.05, 3.63) is 46.5 Å². The average molecular weight is 252 g/mol. The van der Waals surface area contributed by atoms with Gasteiger partial charge in [0.25, 0.3) is 0 Å². The fraction of sp³-hybridized carbons (Fsp3) is 0.333. The molecule has 0 aromatic heterocycles. The van der Waals surface area contributed by atoms with Crippen LogP contribution in [-0.4, -0.2) is 24.5 Å². The minimum atomic E-state index is 1.12. The van der Waals surface area contributed by atoms with Crippen LogP contribution in [0.1, 0.15) is 5.56 Å². The molecular weight excluding hydrogens is 238 g/mol. The summed E-state index contributed by atoms with van der Waals surface area (Å²) in [7, 11) is 0. The summed E-state index contributed by atoms with van der Waals surface area (Å²) < 4.78 is 1.16. The number of benzene rings is 1. The van der Waals surface area contributed by atoms with Crippen molar-refractivity contribution in [2.75, 3.05) is 19.6 Å². The molecule has 2 rings (SSSR count). The van der Waals surface area contributed by atoms with Crippen molar-refractivity contribution < 1.29 is 0 Å². The van der Waals surface area contributed by atoms with Gasteiger partial charge in [0.05, 0.1) is 0 Å². The molecular formula is C12H14BrN. The largest absolute Gasteiger partial charge is 0.296 e. The van der Waals surface area contributed by atoms with E-state index in [1.54, 1.807) is 0 Å². The van der Waals surface area contributed by atoms with Crippen molar-refractivity contribution >= 4 is 15.9 Å². The molecule has 0 spiro atoms. The molecule has 0 saturated carbocycles. The SMILES string of the molecule is Brc1ccc(CCN2CC=CC2)cc1. The smallest absolute Gasteiger partial charge is 0.0175 e. The Morgan fingerprint density at radius 1 is 1.07 bits per heavy atom. The molecule has 0 saturated heterocycles. The zero-order chi connectivity index (χ0) is 9.80. The lowest BCUT2D eigenvalue weighted by Gasteiger charge is -2.14. The summed E-state index contributed by atoms with van der Waals surface area (Å²) in [6.07, 6.45) is 5.62. The van der Waals surface area contributed by atoms with Crippen LogP contribution in [0.4, 0.5) is 0 Å². The Hall–Kier alpha value is -0.600. The third kappa shape index (κ3) is 2.69. The Kier molecular flexibility index (Phi) is 3.38. The van der Waals surface area contributed by atoms with E-state index in [1.165, 1.54) is 5.56 Å². The van der Waals surface area contributed by atoms with E-state index in [1.807, 2.05) is 0 Å². The monoisotopic (exact) mass is 251 g/mol. The van der Waals surface area contributed by atoms with Crippen LogP contribution >= 0.6 is 15.9 Å². The normalized spacial score (nSPS) is 16.4. The first-order chi connectivity index (χ1) is 6.84. The summed E-state index contributed by atoms with van der Waals surface area (Å²) >= 11 is 3.44. The molecule has 0 atom stereocenters. The van der Waals surface area contributed by atoms with Crippen LogP contribution in [-0.2, 0) is 6.42 Å². The molecule has 0 bridgehead atoms. The molecule has 0 aliphatic carbocycles. The van der Waals surface area contributed by atoms with Crippen molar-refractivity contribution in [1.29, 1.82) is 0 Å². The Morgan fingerprint density at radius 3 is 2.36 bits per heavy atom. The maximum absolute atomic E-state index is 3.44. The van der Waals surface area contributed by atoms with E-state index in [4.69, 9.17) is 0 Å². The van der Waals surface area contributed by atoms with Crippen LogP contribution in [0.2, 0.25) is 0 Å². The molecule has 0 N–H and O–H groups in total. The molecule has 2 heteroatoms. The van der Waals surface area contributed by atoms with E-state index in [9.17, 15) is 0 Å². The minimum absolute atomic E-state index is 1.12. The molecule has 1 aromatic carbocycles. The van der Waals surface area contributed by atoms with Crippen LogP contribution in [0, 0.1) is 0 Å². The van der Waals surface area contributed by atoms with Gasteiger partial charge in [-0.2, -0.15) is 0 Å². The van der Waals surface area contributed by atoms with Gasteiger partial charge in [-0.05, 0) is 24.1 Å². The predicted molar refractivity (Wildman–Crippen MR) is 63.4 cm³/mol. The highest BCUT2D eigenvalue weighted by Crippen LogP contribution is 2.11. The molecule has 14 heavy (non-hydrogen) atoms. The van der Waals surface area contributed by atoms with Crippen LogP contribution in [0.5, 0.6) is 0 Å². The van der Waals surface area contributed by atoms with Crippen molar-refractivity contribution in [2.24, 2.45) is 0 Å². The highest BCUT2D eigenvalue weighted by molar-refractivity contribution is 9.10. The van der Waals surface area contributed by atoms with Crippen LogP contribution < -0.4 is 0 Å². The zero-order valence-corrected chi connectivity index (χ0v) is 9.70. The Morgan fingerprint density at radius 2 is 1.71 bits per heavy atom. The number of rotatable bonds is 3. The summed E-state index contributed by atoms with van der Waals surface area (Å²) in [5.74, 6) is 0. The Bertz CT molecular complexity index is 308. The van der Waals surface area contributed by atoms with Crippen LogP contribution in [0.15, 0.2) is 40.9 Å². The molecule has 0 amide bonds. The van der Waals surface area contributed by atoms with Gasteiger partial charge in [0.2, 0.25) is 0 Å². The van der Waals surface area contributed by atoms with Gasteiger partial charge in [0.1, 0.15) is 0 Å². The van der Waals surface area contributed by atoms with E-state index < -0.39 is 0 Å². The quantitative estimate of drug-likeness (QED) is 0.748. The predicted octanol–water partition coefficient (Wildman–Crippen LogP) is 2.86. The van der Waals surface area contributed by atoms with Gasteiger partial charge >= 0.3 is 0 Å². The fourth-order valence-corrected chi connectivity index (χ4v) is 1.91. The van der Waals surface area contributed by atoms with Gasteiger partial charge in [0, 0.05) is 24.1 Å². The summed E-state index contributed by atoms with van der Waals surface area (Å²) in [5.41, 5.74) is 1.42. The second-order valence-electron chi connectivity index (χ2n) is 3.61. The van der Waals surface area contributed by atoms with E-state index in [0.29, 0.717) is 0 Å². The fourth-order valence-electron chi connectivity index (χ4n) is 1.64. The first kappa shape index (κ1) is 9.94. The summed E-state index contributed by atoms with van der Waals surface area (Å²) in [5, 5.41) is 0. The van der Waals surface area contributed by atoms with E-state index in [2.05, 4.69) is 57.2 Å². The number of halogens is 1. The molecule has 0 fully saturated rings. The molecule has 1 nitrogen and oxygen atoms in total. The van der Waals surface area contributed by atoms with E-state index in [-0.39, 0.29) is 0 Å². The van der Waals surface area contributed by atoms with Gasteiger partial charge in [-0.3, -0.25) is 4.90 Å². The summed E-state index contributed by atoms with van der Waals surface area (Å²) in [6.45, 7) is 3.40. The molecule has 1 aromatic rings. The van der Waals surface area contributed by atoms with Crippen molar-refractivity contribution in [1.82, 2.24) is 4.90 Å². The van der Waals surface area contributed by atoms with Gasteiger partial charge in [0.15, 0.2) is 0 Å². The molecule has 74 valence electrons. The van der Waals surface area contributed by atoms with Crippen LogP contribution in [0.3, 0.4) is 0 Å². The minimum Gasteiger partial charge on any atom is -0.296 e. The lowest BCUT2D eigenvalue weighted by molar-refractivity contribution is 0.357. The average Bonchev–Trinajstić information content (AvgIpc) is 2.70. The molecule has 1 aliphatic rings. The number of hydrogen-bond acceptors (Lipinski definition) is 1. The highest BCUT2D eigenvalue weighted by Gasteiger charge is 2.05. The molecule has 0 radical (unpaired) electrons. The van der Waals surface area contributed by atoms with E-state index in [0.717, 1.165) is 30.5 Å². The molecule has 0 unspecified atom stereocenters. The van der Waals surface area contributed by atoms with Crippen molar-refractivity contribution in [3.8, 4) is 0 Å². The van der Waals surface area contributed by atoms with E-state index >= 15 is 0 Å². The topological polar surface area (TPSA) is 3.24 Å². The molecule has 1 heterocycles.